The van der Waals surface area contributed by atoms with Crippen molar-refractivity contribution in [3.63, 3.8) is 0 Å². The Bertz CT molecular complexity index is 272. The number of hydrogen-bond donors (Lipinski definition) is 0. The average Bonchev–Trinajstić information content (AvgIpc) is 3.39. The fourth-order valence-corrected chi connectivity index (χ4v) is 6.15. The van der Waals surface area contributed by atoms with Crippen molar-refractivity contribution in [3.8, 4) is 0 Å². The zero-order chi connectivity index (χ0) is 18.1. The number of hydrogen-bond acceptors (Lipinski definition) is 0. The van der Waals surface area contributed by atoms with E-state index in [4.69, 9.17) is 0 Å². The lowest BCUT2D eigenvalue weighted by molar-refractivity contribution is 0.298. The van der Waals surface area contributed by atoms with Crippen LogP contribution >= 0.6 is 0 Å². The molecule has 1 unspecified atom stereocenters. The van der Waals surface area contributed by atoms with Crippen molar-refractivity contribution in [2.75, 3.05) is 0 Å². The third-order valence-corrected chi connectivity index (χ3v) is 7.23. The molecule has 0 aromatic rings. The maximum Gasteiger partial charge on any atom is -0.0295 e. The second-order valence-corrected chi connectivity index (χ2v) is 9.11. The quantitative estimate of drug-likeness (QED) is 0.407. The molecule has 4 fully saturated rings. The van der Waals surface area contributed by atoms with E-state index in [2.05, 4.69) is 13.8 Å². The molecule has 0 saturated heterocycles. The summed E-state index contributed by atoms with van der Waals surface area (Å²) >= 11 is 0. The summed E-state index contributed by atoms with van der Waals surface area (Å²) in [4.78, 5) is 0. The van der Waals surface area contributed by atoms with Crippen LogP contribution in [0.15, 0.2) is 0 Å². The molecule has 0 aromatic heterocycles. The van der Waals surface area contributed by atoms with E-state index in [1.165, 1.54) is 38.5 Å². The largest absolute Gasteiger partial charge is 0.0776 e. The summed E-state index contributed by atoms with van der Waals surface area (Å²) in [6.07, 6.45) is 21.5. The summed E-state index contributed by atoms with van der Waals surface area (Å²) in [6.45, 7) is 12.8. The fourth-order valence-electron chi connectivity index (χ4n) is 6.15. The first-order valence-electron chi connectivity index (χ1n) is 11.6. The summed E-state index contributed by atoms with van der Waals surface area (Å²) in [5.74, 6) is 2.08. The highest BCUT2D eigenvalue weighted by Gasteiger charge is 2.39. The van der Waals surface area contributed by atoms with E-state index in [9.17, 15) is 0 Å². The van der Waals surface area contributed by atoms with E-state index in [0.717, 1.165) is 22.7 Å². The summed E-state index contributed by atoms with van der Waals surface area (Å²) in [5.41, 5.74) is 1.72. The highest BCUT2D eigenvalue weighted by atomic mass is 14.4. The van der Waals surface area contributed by atoms with Crippen molar-refractivity contribution in [2.45, 2.75) is 139 Å². The molecule has 0 heterocycles. The molecule has 0 aliphatic heterocycles. The monoisotopic (exact) mass is 352 g/mol. The maximum atomic E-state index is 2.42. The summed E-state index contributed by atoms with van der Waals surface area (Å²) in [7, 11) is 0. The van der Waals surface area contributed by atoms with Crippen molar-refractivity contribution in [1.29, 1.82) is 0 Å². The van der Waals surface area contributed by atoms with Crippen LogP contribution in [0.1, 0.15) is 139 Å². The van der Waals surface area contributed by atoms with Gasteiger partial charge in [0.15, 0.2) is 0 Å². The molecule has 4 aliphatic rings. The van der Waals surface area contributed by atoms with Crippen molar-refractivity contribution < 1.29 is 0 Å². The Morgan fingerprint density at radius 3 is 1.00 bits per heavy atom. The minimum absolute atomic E-state index is 0. The van der Waals surface area contributed by atoms with E-state index < -0.39 is 0 Å². The van der Waals surface area contributed by atoms with Gasteiger partial charge >= 0.3 is 0 Å². The van der Waals surface area contributed by atoms with E-state index in [-0.39, 0.29) is 7.43 Å². The lowest BCUT2D eigenvalue weighted by atomic mass is 9.84. The van der Waals surface area contributed by atoms with Crippen LogP contribution in [0.25, 0.3) is 0 Å². The van der Waals surface area contributed by atoms with Gasteiger partial charge in [0.1, 0.15) is 0 Å². The molecule has 4 rings (SSSR count). The van der Waals surface area contributed by atoms with Crippen LogP contribution in [0, 0.1) is 22.7 Å². The highest BCUT2D eigenvalue weighted by molar-refractivity contribution is 4.91. The highest BCUT2D eigenvalue weighted by Crippen LogP contribution is 2.53. The second-order valence-electron chi connectivity index (χ2n) is 9.11. The topological polar surface area (TPSA) is 0 Å². The van der Waals surface area contributed by atoms with Gasteiger partial charge in [0, 0.05) is 0 Å². The summed E-state index contributed by atoms with van der Waals surface area (Å²) in [6, 6.07) is 0. The summed E-state index contributed by atoms with van der Waals surface area (Å²) < 4.78 is 0. The smallest absolute Gasteiger partial charge is 0.0295 e. The average molecular weight is 353 g/mol. The molecular weight excluding hydrogens is 300 g/mol. The molecule has 152 valence electrons. The van der Waals surface area contributed by atoms with E-state index in [0.29, 0.717) is 0 Å². The van der Waals surface area contributed by atoms with Crippen LogP contribution in [0.4, 0.5) is 0 Å². The molecule has 2 atom stereocenters. The Labute approximate surface area is 161 Å². The molecule has 0 nitrogen and oxygen atoms in total. The van der Waals surface area contributed by atoms with Crippen LogP contribution in [0.3, 0.4) is 0 Å². The number of rotatable bonds is 0. The van der Waals surface area contributed by atoms with Gasteiger partial charge in [-0.2, -0.15) is 0 Å². The van der Waals surface area contributed by atoms with Crippen LogP contribution in [-0.2, 0) is 0 Å². The van der Waals surface area contributed by atoms with Gasteiger partial charge in [0.05, 0.1) is 0 Å². The minimum Gasteiger partial charge on any atom is -0.0776 e. The predicted octanol–water partition coefficient (Wildman–Crippen LogP) is 9.42. The molecule has 2 spiro atoms. The molecule has 4 aliphatic carbocycles. The second kappa shape index (κ2) is 12.4. The zero-order valence-corrected chi connectivity index (χ0v) is 18.1. The van der Waals surface area contributed by atoms with Crippen molar-refractivity contribution in [1.82, 2.24) is 0 Å². The summed E-state index contributed by atoms with van der Waals surface area (Å²) in [5, 5.41) is 0. The molecule has 0 bridgehead atoms. The first-order valence-corrected chi connectivity index (χ1v) is 11.6. The molecule has 4 saturated carbocycles. The van der Waals surface area contributed by atoms with E-state index in [1.54, 1.807) is 51.4 Å². The molecule has 0 heteroatoms. The van der Waals surface area contributed by atoms with Crippen molar-refractivity contribution >= 4 is 0 Å². The SMILES string of the molecule is C.CC.CC.CC1CCC2(CCCC2)C1.C[C@H]1CCC2(CCCC2)C1. The van der Waals surface area contributed by atoms with Crippen LogP contribution in [0.5, 0.6) is 0 Å². The lowest BCUT2D eigenvalue weighted by Crippen LogP contribution is -2.10. The van der Waals surface area contributed by atoms with Gasteiger partial charge in [-0.3, -0.25) is 0 Å². The van der Waals surface area contributed by atoms with Crippen LogP contribution < -0.4 is 0 Å². The Hall–Kier alpha value is 0. The third kappa shape index (κ3) is 7.26. The van der Waals surface area contributed by atoms with Crippen LogP contribution in [-0.4, -0.2) is 0 Å². The van der Waals surface area contributed by atoms with Crippen molar-refractivity contribution in [3.05, 3.63) is 0 Å². The van der Waals surface area contributed by atoms with E-state index >= 15 is 0 Å². The molecule has 0 aromatic carbocycles. The van der Waals surface area contributed by atoms with Gasteiger partial charge in [0.25, 0.3) is 0 Å². The van der Waals surface area contributed by atoms with Gasteiger partial charge in [0.2, 0.25) is 0 Å². The molecule has 0 amide bonds. The Kier molecular flexibility index (Phi) is 12.4. The van der Waals surface area contributed by atoms with E-state index in [1.807, 2.05) is 27.7 Å². The molecule has 25 heavy (non-hydrogen) atoms. The predicted molar refractivity (Wildman–Crippen MR) is 117 cm³/mol. The lowest BCUT2D eigenvalue weighted by Gasteiger charge is -2.21. The standard InChI is InChI=1S/2C10H18.2C2H6.CH4/c2*1-9-4-7-10(8-9)5-2-3-6-10;2*1-2;/h2*9H,2-8H2,1H3;2*1-2H3;1H4/t9-;;;;/m0..../s1. The van der Waals surface area contributed by atoms with Gasteiger partial charge in [-0.1, -0.05) is 87.5 Å². The molecule has 0 N–H and O–H groups in total. The third-order valence-electron chi connectivity index (χ3n) is 7.23. The Morgan fingerprint density at radius 1 is 0.520 bits per heavy atom. The Balaban J connectivity index is 0.000000373. The minimum atomic E-state index is 0. The van der Waals surface area contributed by atoms with Gasteiger partial charge < -0.3 is 0 Å². The molecular formula is C25H52. The first-order chi connectivity index (χ1) is 11.6. The van der Waals surface area contributed by atoms with Crippen molar-refractivity contribution in [2.24, 2.45) is 22.7 Å². The van der Waals surface area contributed by atoms with Gasteiger partial charge in [-0.25, -0.2) is 0 Å². The van der Waals surface area contributed by atoms with Gasteiger partial charge in [-0.05, 0) is 74.0 Å². The Morgan fingerprint density at radius 2 is 0.800 bits per heavy atom. The first kappa shape index (κ1) is 25.0. The van der Waals surface area contributed by atoms with Gasteiger partial charge in [-0.15, -0.1) is 0 Å². The van der Waals surface area contributed by atoms with Crippen LogP contribution in [0.2, 0.25) is 0 Å². The maximum absolute atomic E-state index is 2.42. The fraction of sp³-hybridized carbons (Fsp3) is 1.00. The normalized spacial score (nSPS) is 30.5. The molecule has 0 radical (unpaired) electrons. The zero-order valence-electron chi connectivity index (χ0n) is 18.1.